The quantitative estimate of drug-likeness (QED) is 0.0165. The van der Waals surface area contributed by atoms with Crippen molar-refractivity contribution in [3.05, 3.63) is 68.6 Å². The highest BCUT2D eigenvalue weighted by molar-refractivity contribution is 14.1. The third-order valence-corrected chi connectivity index (χ3v) is 8.78. The van der Waals surface area contributed by atoms with E-state index in [9.17, 15) is 51.1 Å². The van der Waals surface area contributed by atoms with Crippen LogP contribution in [0.5, 0.6) is 0 Å². The lowest BCUT2D eigenvalue weighted by Gasteiger charge is -2.21. The number of aromatic carboxylic acids is 1. The molecule has 0 radical (unpaired) electrons. The first-order valence-electron chi connectivity index (χ1n) is 26.0. The Labute approximate surface area is 518 Å². The van der Waals surface area contributed by atoms with E-state index in [-0.39, 0.29) is 41.4 Å². The van der Waals surface area contributed by atoms with Crippen molar-refractivity contribution < 1.29 is 88.2 Å². The van der Waals surface area contributed by atoms with E-state index < -0.39 is 71.5 Å². The van der Waals surface area contributed by atoms with Crippen LogP contribution in [0, 0.1) is 11.8 Å². The number of ketones is 1. The first kappa shape index (κ1) is 81.9. The normalized spacial score (nSPS) is 10.8. The maximum absolute atomic E-state index is 12.3. The Morgan fingerprint density at radius 2 is 1.05 bits per heavy atom. The highest BCUT2D eigenvalue weighted by atomic mass is 127. The Hall–Kier alpha value is -6.27. The van der Waals surface area contributed by atoms with Crippen molar-refractivity contribution in [1.82, 2.24) is 39.4 Å². The second kappa shape index (κ2) is 40.9. The lowest BCUT2D eigenvalue weighted by atomic mass is 10.0. The molecule has 0 fully saturated rings. The number of H-pyrrole nitrogens is 1. The number of anilines is 1. The lowest BCUT2D eigenvalue weighted by molar-refractivity contribution is -0.160. The van der Waals surface area contributed by atoms with Gasteiger partial charge in [0, 0.05) is 39.3 Å². The Morgan fingerprint density at radius 3 is 1.30 bits per heavy atom. The highest BCUT2D eigenvalue weighted by Gasteiger charge is 2.26. The number of esters is 3. The summed E-state index contributed by atoms with van der Waals surface area (Å²) in [4.78, 5) is 93.4. The van der Waals surface area contributed by atoms with E-state index in [1.165, 1.54) is 24.3 Å². The van der Waals surface area contributed by atoms with Gasteiger partial charge in [0.2, 0.25) is 6.29 Å². The highest BCUT2D eigenvalue weighted by Crippen LogP contribution is 2.25. The number of halogens is 8. The van der Waals surface area contributed by atoms with Gasteiger partial charge in [0.1, 0.15) is 46.4 Å². The predicted octanol–water partition coefficient (Wildman–Crippen LogP) is 12.8. The van der Waals surface area contributed by atoms with Crippen LogP contribution in [0.4, 0.5) is 23.4 Å². The van der Waals surface area contributed by atoms with Gasteiger partial charge in [0.15, 0.2) is 21.6 Å². The molecule has 84 heavy (non-hydrogen) atoms. The maximum Gasteiger partial charge on any atom is 0.446 e. The fourth-order valence-corrected chi connectivity index (χ4v) is 5.65. The summed E-state index contributed by atoms with van der Waals surface area (Å²) in [6.07, 6.45) is -3.53. The number of Topliss-reactive ketones (excluding diaryl/α,β-unsaturated/α-hetero) is 1. The lowest BCUT2D eigenvalue weighted by Crippen LogP contribution is -2.26. The number of nitrogen functional groups attached to an aromatic ring is 1. The SMILES string of the molecule is CC(C)(C)OC(=O)CC(=O)O.CC(C)C(=O)CC(=O)OC(C)(C)C.CC(C)C(=O)O.CC(C)c1c(C(=O)O)cnc2cc(Cl)nn12.CC(C)c1c(C(=O)OC(C)(C)C)cnc2cc(Cl)nn12.CF.Nc1cc(Cl)[nH]n1.O=CC(F)(F)F.[2H]C.[2H]CI. The molecule has 0 saturated carbocycles. The molecule has 0 saturated heterocycles. The van der Waals surface area contributed by atoms with Gasteiger partial charge in [-0.05, 0) is 79.1 Å². The third-order valence-electron chi connectivity index (χ3n) is 8.22. The molecule has 0 aromatic carbocycles. The monoisotopic (exact) mass is 1380 g/mol. The molecule has 0 aliphatic rings. The Kier molecular flexibility index (Phi) is 39.9. The van der Waals surface area contributed by atoms with Crippen LogP contribution in [0.25, 0.3) is 11.3 Å². The number of aliphatic carboxylic acids is 2. The molecule has 5 aromatic rings. The Balaban J connectivity index is -0.000000302. The Morgan fingerprint density at radius 1 is 0.702 bits per heavy atom. The average Bonchev–Trinajstić information content (AvgIpc) is 2.22. The first-order chi connectivity index (χ1) is 39.1. The molecule has 0 unspecified atom stereocenters. The number of alkyl halides is 5. The summed E-state index contributed by atoms with van der Waals surface area (Å²) in [7, 11) is 1.75. The van der Waals surface area contributed by atoms with Crippen LogP contribution in [0.1, 0.15) is 185 Å². The van der Waals surface area contributed by atoms with E-state index in [1.807, 2.05) is 71.1 Å². The summed E-state index contributed by atoms with van der Waals surface area (Å²) < 4.78 is 70.9. The number of aromatic amines is 1. The van der Waals surface area contributed by atoms with Crippen LogP contribution in [0.15, 0.2) is 30.6 Å². The number of nitrogens with two attached hydrogens (primary N) is 1. The van der Waals surface area contributed by atoms with Crippen molar-refractivity contribution in [1.29, 1.82) is 0 Å². The minimum absolute atomic E-state index is 0.0209. The number of fused-ring (bicyclic) bond motifs is 2. The summed E-state index contributed by atoms with van der Waals surface area (Å²) in [5.41, 5.74) is 6.58. The fourth-order valence-electron chi connectivity index (χ4n) is 5.15. The summed E-state index contributed by atoms with van der Waals surface area (Å²) in [6.45, 7) is 30.5. The smallest absolute Gasteiger partial charge is 0.446 e. The number of nitrogens with zero attached hydrogens (tertiary/aromatic N) is 7. The molecule has 6 N–H and O–H groups in total. The summed E-state index contributed by atoms with van der Waals surface area (Å²) in [5, 5.41) is 40.6. The Bertz CT molecular complexity index is 2860. The average molecular weight is 1380 g/mol. The number of aromatic nitrogens is 8. The topological polar surface area (TPSA) is 340 Å². The summed E-state index contributed by atoms with van der Waals surface area (Å²) in [6, 6.07) is 4.80. The molecule has 31 heteroatoms. The number of carbonyl (C=O) groups excluding carboxylic acids is 5. The number of rotatable bonds is 10. The number of hydrogen-bond acceptors (Lipinski definition) is 17. The second-order valence-corrected chi connectivity index (χ2v) is 21.7. The van der Waals surface area contributed by atoms with Crippen LogP contribution < -0.4 is 5.73 Å². The van der Waals surface area contributed by atoms with Crippen molar-refractivity contribution in [3.63, 3.8) is 0 Å². The summed E-state index contributed by atoms with van der Waals surface area (Å²) >= 11 is 19.0. The van der Waals surface area contributed by atoms with E-state index in [1.54, 1.807) is 92.0 Å². The van der Waals surface area contributed by atoms with Crippen LogP contribution in [0.3, 0.4) is 0 Å². The number of carboxylic acids is 3. The molecule has 5 rings (SSSR count). The van der Waals surface area contributed by atoms with E-state index in [0.717, 1.165) is 5.69 Å². The number of carbonyl (C=O) groups is 8. The van der Waals surface area contributed by atoms with Gasteiger partial charge in [-0.3, -0.25) is 38.3 Å². The van der Waals surface area contributed by atoms with Crippen molar-refractivity contribution in [2.75, 3.05) is 17.8 Å². The molecule has 5 heterocycles. The summed E-state index contributed by atoms with van der Waals surface area (Å²) in [5.74, 6) is -4.35. The second-order valence-electron chi connectivity index (χ2n) is 20.5. The van der Waals surface area contributed by atoms with Crippen molar-refractivity contribution in [2.24, 2.45) is 11.8 Å². The van der Waals surface area contributed by atoms with Crippen LogP contribution in [-0.4, -0.2) is 138 Å². The van der Waals surface area contributed by atoms with E-state index >= 15 is 0 Å². The molecule has 0 amide bonds. The number of aldehydes is 1. The minimum atomic E-state index is -4.64. The fraction of sp³-hybridized carbons (Fsp3) is 0.566. The molecular weight excluding hydrogens is 1300 g/mol. The molecule has 0 atom stereocenters. The van der Waals surface area contributed by atoms with Crippen LogP contribution in [-0.2, 0) is 43.0 Å². The maximum atomic E-state index is 12.3. The zero-order chi connectivity index (χ0) is 69.0. The standard InChI is InChI=1S/C14H18ClN3O2.C10H10ClN3O2.C10H18O3.C7H12O4.C4H8O2.C3H4ClN3.C2HF3O.CH3F.CH3I.CH4/c1-8(2)12-9(13(19)20-14(3,4)5)7-16-11-6-10(15)17-18(11)12;1-5(2)9-6(10(15)16)4-12-8-3-7(11)13-14(8)9;1-7(2)8(11)6-9(12)13-10(3,4)5;1-7(2,3)11-6(10)4-5(8)9;1-3(2)4(5)6;4-2-1-3(5)7-6-2;3-2(4,5)1-6;2*1-2;/h6-8H,1-5H3;3-5H,1-2H3,(H,15,16);7H,6H2,1-5H3;4H2,1-3H3,(H,8,9);3H,1-2H3,(H,5,6);1H,(H3,5,6,7);1H;2*1H3;1H4/i;;;;;;;;2*1D. The molecule has 0 spiro atoms. The van der Waals surface area contributed by atoms with E-state index in [0.29, 0.717) is 55.9 Å². The molecule has 478 valence electrons. The van der Waals surface area contributed by atoms with E-state index in [4.69, 9.17) is 77.6 Å². The number of carboxylic acid groups (broad SMARTS) is 3. The van der Waals surface area contributed by atoms with Gasteiger partial charge < -0.3 is 35.3 Å². The van der Waals surface area contributed by atoms with Gasteiger partial charge >= 0.3 is 42.0 Å². The van der Waals surface area contributed by atoms with Gasteiger partial charge in [-0.25, -0.2) is 28.6 Å². The molecule has 5 aromatic heterocycles. The molecule has 0 bridgehead atoms. The largest absolute Gasteiger partial charge is 0.481 e. The van der Waals surface area contributed by atoms with Crippen LogP contribution in [0.2, 0.25) is 15.5 Å². The van der Waals surface area contributed by atoms with Gasteiger partial charge in [0.05, 0.1) is 35.6 Å². The van der Waals surface area contributed by atoms with Gasteiger partial charge in [-0.1, -0.05) is 120 Å². The number of hydrogen-bond donors (Lipinski definition) is 5. The molecular formula is C53H81Cl3F4IN9O14. The van der Waals surface area contributed by atoms with Gasteiger partial charge in [0.25, 0.3) is 0 Å². The predicted molar refractivity (Wildman–Crippen MR) is 321 cm³/mol. The molecule has 0 aliphatic carbocycles. The zero-order valence-corrected chi connectivity index (χ0v) is 54.9. The van der Waals surface area contributed by atoms with Gasteiger partial charge in [-0.2, -0.15) is 28.5 Å². The van der Waals surface area contributed by atoms with Crippen molar-refractivity contribution in [3.8, 4) is 0 Å². The minimum Gasteiger partial charge on any atom is -0.481 e. The number of nitrogens with one attached hydrogen (secondary N) is 1. The third kappa shape index (κ3) is 40.1. The van der Waals surface area contributed by atoms with E-state index in [2.05, 4.69) is 30.4 Å². The first-order valence-corrected chi connectivity index (χ1v) is 27.0. The van der Waals surface area contributed by atoms with Crippen LogP contribution >= 0.6 is 57.4 Å². The zero-order valence-electron chi connectivity index (χ0n) is 52.5. The van der Waals surface area contributed by atoms with Crippen molar-refractivity contribution in [2.45, 2.75) is 173 Å². The molecule has 0 aliphatic heterocycles. The van der Waals surface area contributed by atoms with Gasteiger partial charge in [-0.15, -0.1) is 0 Å². The molecule has 23 nitrogen and oxygen atoms in total. The number of ether oxygens (including phenoxy) is 3. The van der Waals surface area contributed by atoms with Crippen molar-refractivity contribution >= 4 is 122 Å².